The number of hydrogen-bond donors (Lipinski definition) is 0. The molecule has 1 unspecified atom stereocenters. The molecule has 0 saturated heterocycles. The van der Waals surface area contributed by atoms with Crippen LogP contribution in [0.1, 0.15) is 30.6 Å². The van der Waals surface area contributed by atoms with Crippen LogP contribution in [0, 0.1) is 11.6 Å². The van der Waals surface area contributed by atoms with Gasteiger partial charge in [-0.05, 0) is 25.5 Å². The van der Waals surface area contributed by atoms with Gasteiger partial charge in [0.2, 0.25) is 0 Å². The van der Waals surface area contributed by atoms with E-state index in [2.05, 4.69) is 15.9 Å². The minimum atomic E-state index is -0.850. The minimum absolute atomic E-state index is 0.0649. The Balaban J connectivity index is 3.13. The fraction of sp³-hybridized carbons (Fsp3) is 0.417. The lowest BCUT2D eigenvalue weighted by Crippen LogP contribution is -2.35. The van der Waals surface area contributed by atoms with Gasteiger partial charge in [0.25, 0.3) is 5.91 Å². The molecule has 1 amide bonds. The number of halogens is 3. The highest BCUT2D eigenvalue weighted by atomic mass is 79.9. The molecule has 0 spiro atoms. The topological polar surface area (TPSA) is 20.3 Å². The maximum absolute atomic E-state index is 13.6. The number of rotatable bonds is 3. The van der Waals surface area contributed by atoms with E-state index in [4.69, 9.17) is 0 Å². The molecule has 17 heavy (non-hydrogen) atoms. The van der Waals surface area contributed by atoms with E-state index < -0.39 is 23.1 Å². The first kappa shape index (κ1) is 14.1. The third kappa shape index (κ3) is 3.03. The molecule has 0 aromatic heterocycles. The molecule has 1 rings (SSSR count). The Bertz CT molecular complexity index is 414. The fourth-order valence-electron chi connectivity index (χ4n) is 1.40. The van der Waals surface area contributed by atoms with Gasteiger partial charge in [-0.15, -0.1) is 0 Å². The van der Waals surface area contributed by atoms with Crippen molar-refractivity contribution in [1.82, 2.24) is 4.90 Å². The Morgan fingerprint density at radius 3 is 2.29 bits per heavy atom. The van der Waals surface area contributed by atoms with Crippen LogP contribution in [0.15, 0.2) is 16.6 Å². The van der Waals surface area contributed by atoms with Crippen molar-refractivity contribution in [2.45, 2.75) is 26.3 Å². The van der Waals surface area contributed by atoms with Crippen LogP contribution in [-0.4, -0.2) is 23.9 Å². The third-order valence-electron chi connectivity index (χ3n) is 2.79. The molecule has 0 aliphatic heterocycles. The second-order valence-electron chi connectivity index (χ2n) is 3.92. The molecule has 0 aliphatic carbocycles. The number of amides is 1. The van der Waals surface area contributed by atoms with Gasteiger partial charge in [-0.25, -0.2) is 8.78 Å². The van der Waals surface area contributed by atoms with Gasteiger partial charge in [0.05, 0.1) is 0 Å². The van der Waals surface area contributed by atoms with Gasteiger partial charge in [0.1, 0.15) is 17.2 Å². The van der Waals surface area contributed by atoms with Gasteiger partial charge >= 0.3 is 0 Å². The summed E-state index contributed by atoms with van der Waals surface area (Å²) in [5.41, 5.74) is -0.504. The molecule has 1 atom stereocenters. The SMILES string of the molecule is CCC(C)N(C)C(=O)c1c(F)cc(Br)cc1F. The van der Waals surface area contributed by atoms with Crippen molar-refractivity contribution in [2.24, 2.45) is 0 Å². The average molecular weight is 306 g/mol. The minimum Gasteiger partial charge on any atom is -0.339 e. The summed E-state index contributed by atoms with van der Waals surface area (Å²) in [6.07, 6.45) is 0.724. The summed E-state index contributed by atoms with van der Waals surface area (Å²) in [6, 6.07) is 2.10. The summed E-state index contributed by atoms with van der Waals surface area (Å²) in [4.78, 5) is 13.3. The van der Waals surface area contributed by atoms with Crippen molar-refractivity contribution in [3.63, 3.8) is 0 Å². The van der Waals surface area contributed by atoms with Crippen molar-refractivity contribution in [1.29, 1.82) is 0 Å². The van der Waals surface area contributed by atoms with E-state index in [1.165, 1.54) is 11.9 Å². The number of carbonyl (C=O) groups excluding carboxylic acids is 1. The lowest BCUT2D eigenvalue weighted by Gasteiger charge is -2.24. The van der Waals surface area contributed by atoms with Gasteiger partial charge in [0.15, 0.2) is 0 Å². The molecule has 0 radical (unpaired) electrons. The zero-order valence-corrected chi connectivity index (χ0v) is 11.5. The summed E-state index contributed by atoms with van der Waals surface area (Å²) in [5.74, 6) is -2.34. The first-order valence-electron chi connectivity index (χ1n) is 5.30. The molecule has 0 aliphatic rings. The van der Waals surface area contributed by atoms with Crippen molar-refractivity contribution in [3.8, 4) is 0 Å². The Labute approximate surface area is 108 Å². The molecule has 0 fully saturated rings. The van der Waals surface area contributed by atoms with Gasteiger partial charge < -0.3 is 4.90 Å². The van der Waals surface area contributed by atoms with Gasteiger partial charge in [-0.1, -0.05) is 22.9 Å². The van der Waals surface area contributed by atoms with E-state index in [0.29, 0.717) is 0 Å². The zero-order chi connectivity index (χ0) is 13.2. The predicted molar refractivity (Wildman–Crippen MR) is 65.9 cm³/mol. The molecule has 0 heterocycles. The molecule has 0 N–H and O–H groups in total. The van der Waals surface area contributed by atoms with Crippen molar-refractivity contribution in [2.75, 3.05) is 7.05 Å². The van der Waals surface area contributed by atoms with Gasteiger partial charge in [-0.2, -0.15) is 0 Å². The van der Waals surface area contributed by atoms with E-state index in [1.807, 2.05) is 13.8 Å². The highest BCUT2D eigenvalue weighted by Gasteiger charge is 2.23. The maximum atomic E-state index is 13.6. The third-order valence-corrected chi connectivity index (χ3v) is 3.25. The van der Waals surface area contributed by atoms with E-state index in [1.54, 1.807) is 0 Å². The average Bonchev–Trinajstić information content (AvgIpc) is 2.25. The summed E-state index contributed by atoms with van der Waals surface area (Å²) in [7, 11) is 1.54. The van der Waals surface area contributed by atoms with Crippen LogP contribution >= 0.6 is 15.9 Å². The number of nitrogens with zero attached hydrogens (tertiary/aromatic N) is 1. The van der Waals surface area contributed by atoms with Crippen LogP contribution in [0.3, 0.4) is 0 Å². The quantitative estimate of drug-likeness (QED) is 0.835. The second kappa shape index (κ2) is 5.58. The largest absolute Gasteiger partial charge is 0.339 e. The smallest absolute Gasteiger partial charge is 0.259 e. The second-order valence-corrected chi connectivity index (χ2v) is 4.83. The van der Waals surface area contributed by atoms with Crippen LogP contribution in [0.2, 0.25) is 0 Å². The molecule has 2 nitrogen and oxygen atoms in total. The normalized spacial score (nSPS) is 12.4. The Hall–Kier alpha value is -0.970. The number of hydrogen-bond acceptors (Lipinski definition) is 1. The van der Waals surface area contributed by atoms with Gasteiger partial charge in [-0.3, -0.25) is 4.79 Å². The van der Waals surface area contributed by atoms with Crippen LogP contribution < -0.4 is 0 Å². The molecular formula is C12H14BrF2NO. The summed E-state index contributed by atoms with van der Waals surface area (Å²) < 4.78 is 27.4. The first-order chi connectivity index (χ1) is 7.88. The first-order valence-corrected chi connectivity index (χ1v) is 6.09. The molecule has 1 aromatic rings. The zero-order valence-electron chi connectivity index (χ0n) is 9.93. The Kier molecular flexibility index (Phi) is 4.62. The Morgan fingerprint density at radius 2 is 1.88 bits per heavy atom. The fourth-order valence-corrected chi connectivity index (χ4v) is 1.80. The van der Waals surface area contributed by atoms with E-state index >= 15 is 0 Å². The summed E-state index contributed by atoms with van der Waals surface area (Å²) in [5, 5.41) is 0. The van der Waals surface area contributed by atoms with Gasteiger partial charge in [0, 0.05) is 17.6 Å². The monoisotopic (exact) mass is 305 g/mol. The van der Waals surface area contributed by atoms with Crippen LogP contribution in [0.4, 0.5) is 8.78 Å². The van der Waals surface area contributed by atoms with Crippen molar-refractivity contribution in [3.05, 3.63) is 33.8 Å². The van der Waals surface area contributed by atoms with Crippen LogP contribution in [0.5, 0.6) is 0 Å². The highest BCUT2D eigenvalue weighted by Crippen LogP contribution is 2.21. The number of carbonyl (C=O) groups is 1. The van der Waals surface area contributed by atoms with E-state index in [-0.39, 0.29) is 10.5 Å². The molecule has 1 aromatic carbocycles. The molecular weight excluding hydrogens is 292 g/mol. The van der Waals surface area contributed by atoms with Crippen molar-refractivity contribution >= 4 is 21.8 Å². The predicted octanol–water partition coefficient (Wildman–Crippen LogP) is 3.60. The summed E-state index contributed by atoms with van der Waals surface area (Å²) in [6.45, 7) is 3.73. The molecule has 0 saturated carbocycles. The standard InChI is InChI=1S/C12H14BrF2NO/c1-4-7(2)16(3)12(17)11-9(14)5-8(13)6-10(11)15/h5-7H,4H2,1-3H3. The molecule has 5 heteroatoms. The highest BCUT2D eigenvalue weighted by molar-refractivity contribution is 9.10. The van der Waals surface area contributed by atoms with Crippen LogP contribution in [-0.2, 0) is 0 Å². The van der Waals surface area contributed by atoms with Crippen LogP contribution in [0.25, 0.3) is 0 Å². The molecule has 94 valence electrons. The lowest BCUT2D eigenvalue weighted by molar-refractivity contribution is 0.0730. The van der Waals surface area contributed by atoms with E-state index in [9.17, 15) is 13.6 Å². The maximum Gasteiger partial charge on any atom is 0.259 e. The van der Waals surface area contributed by atoms with Crippen molar-refractivity contribution < 1.29 is 13.6 Å². The Morgan fingerprint density at radius 1 is 1.41 bits per heavy atom. The molecule has 0 bridgehead atoms. The lowest BCUT2D eigenvalue weighted by atomic mass is 10.1. The summed E-state index contributed by atoms with van der Waals surface area (Å²) >= 11 is 2.97. The van der Waals surface area contributed by atoms with E-state index in [0.717, 1.165) is 18.6 Å². The number of benzene rings is 1.